The van der Waals surface area contributed by atoms with Gasteiger partial charge < -0.3 is 5.73 Å². The van der Waals surface area contributed by atoms with Gasteiger partial charge in [0, 0.05) is 18.6 Å². The van der Waals surface area contributed by atoms with Crippen LogP contribution in [0, 0.1) is 11.3 Å². The van der Waals surface area contributed by atoms with Gasteiger partial charge in [-0.15, -0.1) is 0 Å². The Morgan fingerprint density at radius 1 is 1.35 bits per heavy atom. The summed E-state index contributed by atoms with van der Waals surface area (Å²) in [6, 6.07) is 0.977. The van der Waals surface area contributed by atoms with Crippen molar-refractivity contribution in [1.29, 1.82) is 0 Å². The van der Waals surface area contributed by atoms with Gasteiger partial charge in [0.25, 0.3) is 0 Å². The van der Waals surface area contributed by atoms with Gasteiger partial charge in [0.1, 0.15) is 0 Å². The van der Waals surface area contributed by atoms with E-state index < -0.39 is 0 Å². The highest BCUT2D eigenvalue weighted by atomic mass is 15.2. The van der Waals surface area contributed by atoms with E-state index in [2.05, 4.69) is 39.5 Å². The summed E-state index contributed by atoms with van der Waals surface area (Å²) in [5.41, 5.74) is 6.83. The molecule has 2 nitrogen and oxygen atoms in total. The fraction of sp³-hybridized carbons (Fsp3) is 1.00. The lowest BCUT2D eigenvalue weighted by atomic mass is 9.72. The Balaban J connectivity index is 2.65. The maximum absolute atomic E-state index is 6.35. The van der Waals surface area contributed by atoms with Crippen LogP contribution in [0.25, 0.3) is 0 Å². The Morgan fingerprint density at radius 3 is 2.53 bits per heavy atom. The number of likely N-dealkylation sites (N-methyl/N-ethyl adjacent to an activating group) is 1. The van der Waals surface area contributed by atoms with E-state index >= 15 is 0 Å². The summed E-state index contributed by atoms with van der Waals surface area (Å²) in [6.07, 6.45) is 5.00. The molecule has 1 fully saturated rings. The zero-order valence-electron chi connectivity index (χ0n) is 12.5. The minimum absolute atomic E-state index is 0.382. The monoisotopic (exact) mass is 240 g/mol. The van der Waals surface area contributed by atoms with E-state index in [1.165, 1.54) is 32.2 Å². The first kappa shape index (κ1) is 15.0. The summed E-state index contributed by atoms with van der Waals surface area (Å²) in [6.45, 7) is 14.0. The first-order chi connectivity index (χ1) is 7.89. The van der Waals surface area contributed by atoms with Crippen molar-refractivity contribution in [3.05, 3.63) is 0 Å². The number of hydrogen-bond donors (Lipinski definition) is 1. The summed E-state index contributed by atoms with van der Waals surface area (Å²) in [4.78, 5) is 2.62. The second-order valence-electron chi connectivity index (χ2n) is 6.74. The highest BCUT2D eigenvalue weighted by Crippen LogP contribution is 2.37. The van der Waals surface area contributed by atoms with Gasteiger partial charge in [0.2, 0.25) is 0 Å². The van der Waals surface area contributed by atoms with E-state index in [4.69, 9.17) is 5.73 Å². The third-order valence-corrected chi connectivity index (χ3v) is 4.53. The molecular weight excluding hydrogens is 208 g/mol. The van der Waals surface area contributed by atoms with Crippen molar-refractivity contribution in [2.24, 2.45) is 17.1 Å². The zero-order chi connectivity index (χ0) is 13.1. The molecule has 1 aliphatic rings. The van der Waals surface area contributed by atoms with Gasteiger partial charge >= 0.3 is 0 Å². The molecule has 0 saturated heterocycles. The van der Waals surface area contributed by atoms with Crippen LogP contribution in [0.3, 0.4) is 0 Å². The zero-order valence-corrected chi connectivity index (χ0v) is 12.5. The minimum Gasteiger partial charge on any atom is -0.326 e. The molecule has 102 valence electrons. The van der Waals surface area contributed by atoms with Crippen LogP contribution in [-0.2, 0) is 0 Å². The number of nitrogens with zero attached hydrogens (tertiary/aromatic N) is 1. The predicted octanol–water partition coefficient (Wildman–Crippen LogP) is 3.26. The number of rotatable bonds is 5. The van der Waals surface area contributed by atoms with Crippen LogP contribution in [0.1, 0.15) is 60.3 Å². The van der Waals surface area contributed by atoms with Crippen molar-refractivity contribution in [3.8, 4) is 0 Å². The van der Waals surface area contributed by atoms with E-state index in [9.17, 15) is 0 Å². The van der Waals surface area contributed by atoms with Gasteiger partial charge in [0.15, 0.2) is 0 Å². The second kappa shape index (κ2) is 6.19. The number of nitrogens with two attached hydrogens (primary N) is 1. The van der Waals surface area contributed by atoms with Gasteiger partial charge in [-0.25, -0.2) is 0 Å². The molecule has 0 heterocycles. The quantitative estimate of drug-likeness (QED) is 0.799. The van der Waals surface area contributed by atoms with Crippen molar-refractivity contribution in [1.82, 2.24) is 4.90 Å². The van der Waals surface area contributed by atoms with E-state index in [0.717, 1.165) is 12.5 Å². The Morgan fingerprint density at radius 2 is 2.00 bits per heavy atom. The fourth-order valence-electron chi connectivity index (χ4n) is 3.00. The van der Waals surface area contributed by atoms with E-state index in [1.54, 1.807) is 0 Å². The average Bonchev–Trinajstić information content (AvgIpc) is 2.29. The van der Waals surface area contributed by atoms with Crippen molar-refractivity contribution in [3.63, 3.8) is 0 Å². The lowest BCUT2D eigenvalue weighted by Crippen LogP contribution is -2.53. The molecule has 0 amide bonds. The molecule has 0 spiro atoms. The Labute approximate surface area is 108 Å². The van der Waals surface area contributed by atoms with E-state index in [1.807, 2.05) is 0 Å². The molecule has 0 aromatic rings. The lowest BCUT2D eigenvalue weighted by Gasteiger charge is -2.45. The van der Waals surface area contributed by atoms with Crippen LogP contribution < -0.4 is 5.73 Å². The third-order valence-electron chi connectivity index (χ3n) is 4.53. The average molecular weight is 240 g/mol. The van der Waals surface area contributed by atoms with Gasteiger partial charge in [-0.2, -0.15) is 0 Å². The van der Waals surface area contributed by atoms with Gasteiger partial charge in [-0.3, -0.25) is 4.90 Å². The van der Waals surface area contributed by atoms with Gasteiger partial charge in [0.05, 0.1) is 0 Å². The van der Waals surface area contributed by atoms with Gasteiger partial charge in [-0.05, 0) is 37.1 Å². The molecule has 0 aromatic heterocycles. The molecule has 3 unspecified atom stereocenters. The molecule has 1 saturated carbocycles. The Kier molecular flexibility index (Phi) is 5.46. The molecule has 0 bridgehead atoms. The maximum atomic E-state index is 6.35. The highest BCUT2D eigenvalue weighted by molar-refractivity contribution is 4.92. The molecule has 0 aliphatic heterocycles. The van der Waals surface area contributed by atoms with Crippen molar-refractivity contribution >= 4 is 0 Å². The predicted molar refractivity (Wildman–Crippen MR) is 76.1 cm³/mol. The standard InChI is InChI=1S/C15H32N2/c1-6-12(3)11-17(7-2)14-10-15(4,5)9-8-13(14)16/h12-14H,6-11,16H2,1-5H3. The minimum atomic E-state index is 0.382. The molecule has 1 aliphatic carbocycles. The highest BCUT2D eigenvalue weighted by Gasteiger charge is 2.35. The van der Waals surface area contributed by atoms with Crippen molar-refractivity contribution in [2.75, 3.05) is 13.1 Å². The Hall–Kier alpha value is -0.0800. The smallest absolute Gasteiger partial charge is 0.0252 e. The first-order valence-electron chi connectivity index (χ1n) is 7.39. The van der Waals surface area contributed by atoms with Crippen LogP contribution in [0.4, 0.5) is 0 Å². The number of hydrogen-bond acceptors (Lipinski definition) is 2. The van der Waals surface area contributed by atoms with Crippen LogP contribution in [0.5, 0.6) is 0 Å². The second-order valence-corrected chi connectivity index (χ2v) is 6.74. The molecular formula is C15H32N2. The summed E-state index contributed by atoms with van der Waals surface area (Å²) in [5, 5.41) is 0. The SMILES string of the molecule is CCC(C)CN(CC)C1CC(C)(C)CCC1N. The third kappa shape index (κ3) is 4.26. The normalized spacial score (nSPS) is 30.5. The van der Waals surface area contributed by atoms with Crippen LogP contribution >= 0.6 is 0 Å². The van der Waals surface area contributed by atoms with E-state index in [-0.39, 0.29) is 0 Å². The van der Waals surface area contributed by atoms with Crippen molar-refractivity contribution in [2.45, 2.75) is 72.4 Å². The largest absolute Gasteiger partial charge is 0.326 e. The molecule has 0 radical (unpaired) electrons. The molecule has 2 N–H and O–H groups in total. The van der Waals surface area contributed by atoms with Crippen molar-refractivity contribution < 1.29 is 0 Å². The molecule has 17 heavy (non-hydrogen) atoms. The first-order valence-corrected chi connectivity index (χ1v) is 7.39. The summed E-state index contributed by atoms with van der Waals surface area (Å²) in [7, 11) is 0. The summed E-state index contributed by atoms with van der Waals surface area (Å²) in [5.74, 6) is 0.784. The molecule has 1 rings (SSSR count). The summed E-state index contributed by atoms with van der Waals surface area (Å²) < 4.78 is 0. The maximum Gasteiger partial charge on any atom is 0.0252 e. The summed E-state index contributed by atoms with van der Waals surface area (Å²) >= 11 is 0. The fourth-order valence-corrected chi connectivity index (χ4v) is 3.00. The lowest BCUT2D eigenvalue weighted by molar-refractivity contribution is 0.0711. The van der Waals surface area contributed by atoms with E-state index in [0.29, 0.717) is 17.5 Å². The molecule has 3 atom stereocenters. The van der Waals surface area contributed by atoms with Crippen LogP contribution in [0.2, 0.25) is 0 Å². The Bertz CT molecular complexity index is 225. The van der Waals surface area contributed by atoms with Gasteiger partial charge in [-0.1, -0.05) is 41.0 Å². The van der Waals surface area contributed by atoms with Crippen LogP contribution in [-0.4, -0.2) is 30.1 Å². The van der Waals surface area contributed by atoms with Crippen LogP contribution in [0.15, 0.2) is 0 Å². The molecule has 2 heteroatoms. The molecule has 0 aromatic carbocycles. The topological polar surface area (TPSA) is 29.3 Å².